The minimum absolute atomic E-state index is 0.146. The first-order valence-corrected chi connectivity index (χ1v) is 9.59. The molecule has 152 valence electrons. The molecule has 0 N–H and O–H groups in total. The molecule has 0 unspecified atom stereocenters. The lowest BCUT2D eigenvalue weighted by Gasteiger charge is -2.28. The van der Waals surface area contributed by atoms with Gasteiger partial charge in [-0.15, -0.1) is 6.42 Å². The number of carbonyl (C=O) groups is 1. The molecular weight excluding hydrogens is 388 g/mol. The topological polar surface area (TPSA) is 85.4 Å². The van der Waals surface area contributed by atoms with E-state index in [1.807, 2.05) is 11.0 Å². The highest BCUT2D eigenvalue weighted by atomic mass is 16.5. The molecule has 0 radical (unpaired) electrons. The van der Waals surface area contributed by atoms with Crippen LogP contribution in [0.1, 0.15) is 0 Å². The number of carbonyl (C=O) groups excluding carboxylic acids is 1. The van der Waals surface area contributed by atoms with Crippen molar-refractivity contribution in [3.8, 4) is 29.2 Å². The van der Waals surface area contributed by atoms with Crippen LogP contribution in [0, 0.1) is 12.3 Å². The van der Waals surface area contributed by atoms with Gasteiger partial charge in [-0.2, -0.15) is 0 Å². The van der Waals surface area contributed by atoms with Crippen molar-refractivity contribution in [1.29, 1.82) is 0 Å². The molecule has 0 atom stereocenters. The lowest BCUT2D eigenvalue weighted by molar-refractivity contribution is -0.113. The van der Waals surface area contributed by atoms with Gasteiger partial charge in [-0.05, 0) is 23.6 Å². The fourth-order valence-corrected chi connectivity index (χ4v) is 3.74. The number of terminal acetylenes is 1. The van der Waals surface area contributed by atoms with E-state index in [2.05, 4.69) is 5.92 Å². The van der Waals surface area contributed by atoms with Crippen LogP contribution in [-0.4, -0.2) is 45.4 Å². The van der Waals surface area contributed by atoms with Gasteiger partial charge in [-0.3, -0.25) is 14.5 Å². The van der Waals surface area contributed by atoms with Crippen molar-refractivity contribution in [3.05, 3.63) is 40.8 Å². The zero-order valence-corrected chi connectivity index (χ0v) is 16.1. The molecule has 8 nitrogen and oxygen atoms in total. The van der Waals surface area contributed by atoms with Crippen LogP contribution in [0.15, 0.2) is 44.2 Å². The molecule has 0 saturated carbocycles. The molecule has 3 aromatic rings. The Morgan fingerprint density at radius 1 is 1.07 bits per heavy atom. The van der Waals surface area contributed by atoms with Crippen LogP contribution in [0.25, 0.3) is 22.3 Å². The Labute approximate surface area is 171 Å². The fraction of sp³-hybridized carbons (Fsp3) is 0.273. The first kappa shape index (κ1) is 18.3. The molecular formula is C22H18N2O6. The number of morpholine rings is 1. The maximum absolute atomic E-state index is 12.6. The Morgan fingerprint density at radius 3 is 2.70 bits per heavy atom. The van der Waals surface area contributed by atoms with E-state index in [-0.39, 0.29) is 11.0 Å². The first-order chi connectivity index (χ1) is 14.7. The highest BCUT2D eigenvalue weighted by molar-refractivity contribution is 6.07. The number of nitrogens with zero attached hydrogens (tertiary/aromatic N) is 2. The molecule has 8 heteroatoms. The van der Waals surface area contributed by atoms with Gasteiger partial charge in [0.1, 0.15) is 18.6 Å². The summed E-state index contributed by atoms with van der Waals surface area (Å²) < 4.78 is 22.6. The van der Waals surface area contributed by atoms with Gasteiger partial charge in [0, 0.05) is 13.1 Å². The summed E-state index contributed by atoms with van der Waals surface area (Å²) in [5, 5.41) is 0. The van der Waals surface area contributed by atoms with E-state index in [4.69, 9.17) is 24.7 Å². The normalized spacial score (nSPS) is 16.1. The lowest BCUT2D eigenvalue weighted by Crippen LogP contribution is -2.37. The van der Waals surface area contributed by atoms with Gasteiger partial charge in [0.2, 0.25) is 11.0 Å². The van der Waals surface area contributed by atoms with E-state index < -0.39 is 5.91 Å². The van der Waals surface area contributed by atoms with Gasteiger partial charge < -0.3 is 23.2 Å². The number of benzene rings is 1. The number of fused-ring (bicyclic) bond motifs is 2. The second kappa shape index (κ2) is 7.28. The van der Waals surface area contributed by atoms with Gasteiger partial charge in [0.05, 0.1) is 37.1 Å². The van der Waals surface area contributed by atoms with E-state index >= 15 is 0 Å². The number of anilines is 2. The number of ether oxygens (including phenoxy) is 2. The maximum atomic E-state index is 12.6. The van der Waals surface area contributed by atoms with Gasteiger partial charge in [0.15, 0.2) is 11.5 Å². The predicted octanol–water partition coefficient (Wildman–Crippen LogP) is 2.25. The fourth-order valence-electron chi connectivity index (χ4n) is 3.74. The Morgan fingerprint density at radius 2 is 1.90 bits per heavy atom. The molecule has 0 bridgehead atoms. The van der Waals surface area contributed by atoms with Crippen LogP contribution in [0.3, 0.4) is 0 Å². The summed E-state index contributed by atoms with van der Waals surface area (Å²) in [6, 6.07) is 6.82. The largest absolute Gasteiger partial charge is 0.490 e. The summed E-state index contributed by atoms with van der Waals surface area (Å²) in [6.07, 6.45) is 6.79. The molecule has 2 aromatic heterocycles. The quantitative estimate of drug-likeness (QED) is 0.604. The number of hydrogen-bond acceptors (Lipinski definition) is 7. The van der Waals surface area contributed by atoms with Crippen LogP contribution in [0.4, 0.5) is 11.6 Å². The van der Waals surface area contributed by atoms with Crippen molar-refractivity contribution in [2.24, 2.45) is 0 Å². The van der Waals surface area contributed by atoms with Gasteiger partial charge in [-0.1, -0.05) is 6.07 Å². The molecule has 0 spiro atoms. The summed E-state index contributed by atoms with van der Waals surface area (Å²) >= 11 is 0. The summed E-state index contributed by atoms with van der Waals surface area (Å²) in [4.78, 5) is 28.2. The van der Waals surface area contributed by atoms with Gasteiger partial charge >= 0.3 is 5.91 Å². The molecule has 2 aliphatic heterocycles. The highest BCUT2D eigenvalue weighted by Crippen LogP contribution is 2.38. The first-order valence-electron chi connectivity index (χ1n) is 9.59. The molecule has 5 rings (SSSR count). The van der Waals surface area contributed by atoms with Crippen molar-refractivity contribution in [1.82, 2.24) is 0 Å². The van der Waals surface area contributed by atoms with Gasteiger partial charge in [-0.25, -0.2) is 0 Å². The monoisotopic (exact) mass is 406 g/mol. The highest BCUT2D eigenvalue weighted by Gasteiger charge is 2.25. The second-order valence-corrected chi connectivity index (χ2v) is 6.99. The Kier molecular flexibility index (Phi) is 4.45. The Bertz CT molecular complexity index is 1230. The Balaban J connectivity index is 1.61. The molecule has 1 amide bonds. The lowest BCUT2D eigenvalue weighted by atomic mass is 10.1. The van der Waals surface area contributed by atoms with Crippen molar-refractivity contribution in [3.63, 3.8) is 0 Å². The van der Waals surface area contributed by atoms with Crippen LogP contribution in [0.2, 0.25) is 0 Å². The number of rotatable bonds is 2. The average molecular weight is 406 g/mol. The van der Waals surface area contributed by atoms with Crippen molar-refractivity contribution >= 4 is 28.6 Å². The van der Waals surface area contributed by atoms with E-state index in [1.54, 1.807) is 12.1 Å². The minimum Gasteiger partial charge on any atom is -0.490 e. The molecule has 1 aromatic carbocycles. The molecule has 0 aliphatic carbocycles. The van der Waals surface area contributed by atoms with E-state index in [0.717, 1.165) is 5.56 Å². The predicted molar refractivity (Wildman–Crippen MR) is 110 cm³/mol. The molecule has 30 heavy (non-hydrogen) atoms. The average Bonchev–Trinajstić information content (AvgIpc) is 3.23. The van der Waals surface area contributed by atoms with Crippen LogP contribution >= 0.6 is 0 Å². The summed E-state index contributed by atoms with van der Waals surface area (Å²) in [7, 11) is 0. The third-order valence-electron chi connectivity index (χ3n) is 5.26. The molecule has 1 fully saturated rings. The third-order valence-corrected chi connectivity index (χ3v) is 5.26. The van der Waals surface area contributed by atoms with Crippen LogP contribution in [0.5, 0.6) is 5.75 Å². The maximum Gasteiger partial charge on any atom is 0.302 e. The van der Waals surface area contributed by atoms with Crippen LogP contribution in [-0.2, 0) is 9.53 Å². The SMILES string of the molecule is C#CC(=O)N1CCOc2ccc(-c3coc4c(=O)cc(N5CCOCC5)oc34)cc21. The minimum atomic E-state index is -0.435. The van der Waals surface area contributed by atoms with E-state index in [0.29, 0.717) is 67.9 Å². The number of hydrogen-bond donors (Lipinski definition) is 0. The van der Waals surface area contributed by atoms with Crippen molar-refractivity contribution < 1.29 is 23.1 Å². The van der Waals surface area contributed by atoms with E-state index in [9.17, 15) is 9.59 Å². The van der Waals surface area contributed by atoms with Gasteiger partial charge in [0.25, 0.3) is 0 Å². The zero-order chi connectivity index (χ0) is 20.7. The second-order valence-electron chi connectivity index (χ2n) is 6.99. The zero-order valence-electron chi connectivity index (χ0n) is 16.1. The standard InChI is InChI=1S/C22H18N2O6/c1-2-19(26)24-7-10-28-18-4-3-14(11-16(18)24)15-13-29-22-17(25)12-20(30-21(15)22)23-5-8-27-9-6-23/h1,3-4,11-13H,5-10H2. The number of furan rings is 1. The van der Waals surface area contributed by atoms with Crippen LogP contribution < -0.4 is 20.0 Å². The number of amides is 1. The van der Waals surface area contributed by atoms with Crippen molar-refractivity contribution in [2.45, 2.75) is 0 Å². The van der Waals surface area contributed by atoms with Crippen molar-refractivity contribution in [2.75, 3.05) is 49.3 Å². The Hall–Kier alpha value is -3.70. The van der Waals surface area contributed by atoms with E-state index in [1.165, 1.54) is 17.2 Å². The summed E-state index contributed by atoms with van der Waals surface area (Å²) in [5.41, 5.74) is 2.15. The molecule has 4 heterocycles. The molecule has 2 aliphatic rings. The summed E-state index contributed by atoms with van der Waals surface area (Å²) in [6.45, 7) is 3.16. The molecule has 1 saturated heterocycles. The smallest absolute Gasteiger partial charge is 0.302 e. The summed E-state index contributed by atoms with van der Waals surface area (Å²) in [5.74, 6) is 2.76. The third kappa shape index (κ3) is 3.00.